The van der Waals surface area contributed by atoms with Gasteiger partial charge >= 0.3 is 5.97 Å². The lowest BCUT2D eigenvalue weighted by Crippen LogP contribution is -2.30. The molecule has 0 radical (unpaired) electrons. The van der Waals surface area contributed by atoms with E-state index in [0.717, 1.165) is 5.75 Å². The fourth-order valence-corrected chi connectivity index (χ4v) is 2.10. The minimum Gasteiger partial charge on any atom is -0.475 e. The smallest absolute Gasteiger partial charge is 0.371 e. The van der Waals surface area contributed by atoms with E-state index < -0.39 is 5.97 Å². The lowest BCUT2D eigenvalue weighted by atomic mass is 10.2. The molecule has 1 aromatic heterocycles. The quantitative estimate of drug-likeness (QED) is 0.803. The van der Waals surface area contributed by atoms with Crippen LogP contribution in [-0.4, -0.2) is 29.1 Å². The van der Waals surface area contributed by atoms with Gasteiger partial charge in [0.15, 0.2) is 0 Å². The van der Waals surface area contributed by atoms with Gasteiger partial charge in [-0.05, 0) is 32.2 Å². The minimum absolute atomic E-state index is 0.0128. The van der Waals surface area contributed by atoms with Crippen LogP contribution in [0.1, 0.15) is 36.2 Å². The van der Waals surface area contributed by atoms with Gasteiger partial charge < -0.3 is 14.8 Å². The number of thioether (sulfide) groups is 1. The first kappa shape index (κ1) is 13.1. The maximum absolute atomic E-state index is 10.6. The van der Waals surface area contributed by atoms with Gasteiger partial charge in [-0.3, -0.25) is 0 Å². The van der Waals surface area contributed by atoms with Gasteiger partial charge in [0.2, 0.25) is 5.76 Å². The molecule has 90 valence electrons. The summed E-state index contributed by atoms with van der Waals surface area (Å²) in [6.07, 6.45) is 2.05. The van der Waals surface area contributed by atoms with Crippen LogP contribution < -0.4 is 5.32 Å². The lowest BCUT2D eigenvalue weighted by molar-refractivity contribution is 0.0659. The summed E-state index contributed by atoms with van der Waals surface area (Å²) < 4.78 is 5.22. The largest absolute Gasteiger partial charge is 0.475 e. The second kappa shape index (κ2) is 5.96. The van der Waals surface area contributed by atoms with Crippen molar-refractivity contribution in [3.05, 3.63) is 23.7 Å². The van der Waals surface area contributed by atoms with Crippen LogP contribution in [0.5, 0.6) is 0 Å². The molecule has 1 heterocycles. The highest BCUT2D eigenvalue weighted by molar-refractivity contribution is 7.98. The average Bonchev–Trinajstić information content (AvgIpc) is 2.66. The third kappa shape index (κ3) is 3.57. The maximum Gasteiger partial charge on any atom is 0.371 e. The van der Waals surface area contributed by atoms with Crippen LogP contribution in [0.4, 0.5) is 0 Å². The van der Waals surface area contributed by atoms with Crippen molar-refractivity contribution in [1.29, 1.82) is 0 Å². The first-order chi connectivity index (χ1) is 7.54. The molecule has 0 saturated carbocycles. The molecule has 2 unspecified atom stereocenters. The molecule has 0 aromatic carbocycles. The molecule has 2 N–H and O–H groups in total. The molecule has 1 rings (SSSR count). The highest BCUT2D eigenvalue weighted by atomic mass is 32.2. The van der Waals surface area contributed by atoms with Gasteiger partial charge in [0, 0.05) is 11.8 Å². The van der Waals surface area contributed by atoms with Gasteiger partial charge in [-0.2, -0.15) is 11.8 Å². The van der Waals surface area contributed by atoms with E-state index in [-0.39, 0.29) is 11.8 Å². The van der Waals surface area contributed by atoms with Crippen molar-refractivity contribution in [2.24, 2.45) is 0 Å². The van der Waals surface area contributed by atoms with Crippen molar-refractivity contribution in [3.8, 4) is 0 Å². The van der Waals surface area contributed by atoms with Crippen molar-refractivity contribution in [2.45, 2.75) is 25.9 Å². The second-order valence-corrected chi connectivity index (χ2v) is 4.66. The van der Waals surface area contributed by atoms with E-state index in [1.165, 1.54) is 6.07 Å². The van der Waals surface area contributed by atoms with Crippen molar-refractivity contribution in [2.75, 3.05) is 12.0 Å². The van der Waals surface area contributed by atoms with E-state index in [0.29, 0.717) is 11.8 Å². The van der Waals surface area contributed by atoms with Crippen LogP contribution in [0.25, 0.3) is 0 Å². The summed E-state index contributed by atoms with van der Waals surface area (Å²) in [7, 11) is 0. The fraction of sp³-hybridized carbons (Fsp3) is 0.545. The van der Waals surface area contributed by atoms with Crippen LogP contribution in [0.2, 0.25) is 0 Å². The monoisotopic (exact) mass is 243 g/mol. The number of carbonyl (C=O) groups is 1. The van der Waals surface area contributed by atoms with Gasteiger partial charge in [0.05, 0.1) is 6.04 Å². The highest BCUT2D eigenvalue weighted by Crippen LogP contribution is 2.17. The molecular formula is C11H17NO3S. The predicted octanol–water partition coefficient (Wildman–Crippen LogP) is 2.38. The van der Waals surface area contributed by atoms with E-state index in [9.17, 15) is 4.79 Å². The van der Waals surface area contributed by atoms with Crippen molar-refractivity contribution in [3.63, 3.8) is 0 Å². The Kier molecular flexibility index (Phi) is 4.89. The molecule has 0 spiro atoms. The van der Waals surface area contributed by atoms with Gasteiger partial charge in [0.25, 0.3) is 0 Å². The van der Waals surface area contributed by atoms with Crippen LogP contribution in [0.3, 0.4) is 0 Å². The number of nitrogens with one attached hydrogen (secondary N) is 1. The summed E-state index contributed by atoms with van der Waals surface area (Å²) in [5.41, 5.74) is 0. The normalized spacial score (nSPS) is 14.7. The fourth-order valence-electron chi connectivity index (χ4n) is 1.51. The molecule has 0 bridgehead atoms. The Bertz CT molecular complexity index is 351. The Morgan fingerprint density at radius 3 is 2.75 bits per heavy atom. The molecule has 2 atom stereocenters. The van der Waals surface area contributed by atoms with Crippen LogP contribution in [0.15, 0.2) is 16.5 Å². The van der Waals surface area contributed by atoms with E-state index in [1.54, 1.807) is 17.8 Å². The van der Waals surface area contributed by atoms with E-state index >= 15 is 0 Å². The van der Waals surface area contributed by atoms with E-state index in [2.05, 4.69) is 18.5 Å². The van der Waals surface area contributed by atoms with E-state index in [4.69, 9.17) is 9.52 Å². The first-order valence-corrected chi connectivity index (χ1v) is 6.52. The Morgan fingerprint density at radius 2 is 2.25 bits per heavy atom. The minimum atomic E-state index is -1.03. The third-order valence-corrected chi connectivity index (χ3v) is 3.05. The molecule has 0 aliphatic heterocycles. The standard InChI is InChI=1S/C11H17NO3S/c1-7(6-16-3)12-8(2)9-4-5-10(15-9)11(13)14/h4-5,7-8,12H,6H2,1-3H3,(H,13,14). The lowest BCUT2D eigenvalue weighted by Gasteiger charge is -2.17. The molecular weight excluding hydrogens is 226 g/mol. The van der Waals surface area contributed by atoms with Crippen LogP contribution >= 0.6 is 11.8 Å². The summed E-state index contributed by atoms with van der Waals surface area (Å²) >= 11 is 1.77. The SMILES string of the molecule is CSCC(C)NC(C)c1ccc(C(=O)O)o1. The zero-order valence-electron chi connectivity index (χ0n) is 9.69. The number of hydrogen-bond donors (Lipinski definition) is 2. The van der Waals surface area contributed by atoms with Crippen molar-refractivity contribution < 1.29 is 14.3 Å². The summed E-state index contributed by atoms with van der Waals surface area (Å²) in [6, 6.07) is 3.57. The summed E-state index contributed by atoms with van der Waals surface area (Å²) in [4.78, 5) is 10.6. The number of rotatable bonds is 6. The molecule has 0 saturated heterocycles. The molecule has 0 amide bonds. The molecule has 0 aliphatic rings. The molecule has 4 nitrogen and oxygen atoms in total. The van der Waals surface area contributed by atoms with Gasteiger partial charge in [0.1, 0.15) is 5.76 Å². The number of carboxylic acid groups (broad SMARTS) is 1. The number of furan rings is 1. The van der Waals surface area contributed by atoms with Gasteiger partial charge in [-0.15, -0.1) is 0 Å². The van der Waals surface area contributed by atoms with Crippen LogP contribution in [0, 0.1) is 0 Å². The second-order valence-electron chi connectivity index (χ2n) is 3.75. The molecule has 5 heteroatoms. The summed E-state index contributed by atoms with van der Waals surface area (Å²) in [5, 5.41) is 12.1. The Balaban J connectivity index is 2.58. The number of aromatic carboxylic acids is 1. The Labute approximate surface area is 99.4 Å². The van der Waals surface area contributed by atoms with Gasteiger partial charge in [-0.1, -0.05) is 0 Å². The molecule has 16 heavy (non-hydrogen) atoms. The highest BCUT2D eigenvalue weighted by Gasteiger charge is 2.15. The number of carboxylic acids is 1. The van der Waals surface area contributed by atoms with E-state index in [1.807, 2.05) is 6.92 Å². The average molecular weight is 243 g/mol. The maximum atomic E-state index is 10.6. The predicted molar refractivity (Wildman–Crippen MR) is 65.1 cm³/mol. The van der Waals surface area contributed by atoms with Crippen molar-refractivity contribution >= 4 is 17.7 Å². The van der Waals surface area contributed by atoms with Crippen LogP contribution in [-0.2, 0) is 0 Å². The number of hydrogen-bond acceptors (Lipinski definition) is 4. The summed E-state index contributed by atoms with van der Waals surface area (Å²) in [5.74, 6) is 0.624. The Morgan fingerprint density at radius 1 is 1.56 bits per heavy atom. The zero-order valence-corrected chi connectivity index (χ0v) is 10.5. The van der Waals surface area contributed by atoms with Gasteiger partial charge in [-0.25, -0.2) is 4.79 Å². The third-order valence-electron chi connectivity index (χ3n) is 2.22. The molecule has 1 aromatic rings. The zero-order chi connectivity index (χ0) is 12.1. The Hall–Kier alpha value is -0.940. The topological polar surface area (TPSA) is 62.5 Å². The molecule has 0 fully saturated rings. The molecule has 0 aliphatic carbocycles. The first-order valence-electron chi connectivity index (χ1n) is 5.12. The van der Waals surface area contributed by atoms with Crippen molar-refractivity contribution in [1.82, 2.24) is 5.32 Å². The summed E-state index contributed by atoms with van der Waals surface area (Å²) in [6.45, 7) is 4.05.